The van der Waals surface area contributed by atoms with Gasteiger partial charge in [0.1, 0.15) is 0 Å². The van der Waals surface area contributed by atoms with Gasteiger partial charge in [-0.25, -0.2) is 0 Å². The van der Waals surface area contributed by atoms with E-state index in [1.807, 2.05) is 13.0 Å². The fourth-order valence-corrected chi connectivity index (χ4v) is 3.39. The number of hydrogen-bond donors (Lipinski definition) is 1. The first-order chi connectivity index (χ1) is 9.10. The molecule has 106 valence electrons. The van der Waals surface area contributed by atoms with Crippen LogP contribution in [0.3, 0.4) is 0 Å². The van der Waals surface area contributed by atoms with Crippen LogP contribution in [0.5, 0.6) is 11.5 Å². The molecule has 1 aliphatic rings. The summed E-state index contributed by atoms with van der Waals surface area (Å²) in [5.41, 5.74) is 7.51. The molecule has 0 bridgehead atoms. The molecule has 1 aromatic carbocycles. The van der Waals surface area contributed by atoms with Crippen molar-refractivity contribution in [2.45, 2.75) is 44.6 Å². The van der Waals surface area contributed by atoms with Gasteiger partial charge < -0.3 is 15.2 Å². The van der Waals surface area contributed by atoms with E-state index in [-0.39, 0.29) is 5.54 Å². The van der Waals surface area contributed by atoms with Crippen molar-refractivity contribution in [3.63, 3.8) is 0 Å². The highest BCUT2D eigenvalue weighted by Gasteiger charge is 2.31. The van der Waals surface area contributed by atoms with Crippen LogP contribution in [0.1, 0.15) is 44.6 Å². The fraction of sp³-hybridized carbons (Fsp3) is 0.600. The van der Waals surface area contributed by atoms with Gasteiger partial charge in [0.15, 0.2) is 11.5 Å². The van der Waals surface area contributed by atoms with Crippen LogP contribution in [-0.2, 0) is 5.54 Å². The maximum absolute atomic E-state index is 6.59. The zero-order valence-electron chi connectivity index (χ0n) is 11.7. The van der Waals surface area contributed by atoms with Gasteiger partial charge in [0.05, 0.1) is 18.2 Å². The lowest BCUT2D eigenvalue weighted by atomic mass is 9.77. The lowest BCUT2D eigenvalue weighted by Crippen LogP contribution is -2.38. The molecular weight excluding hydrogens is 306 g/mol. The average molecular weight is 328 g/mol. The maximum Gasteiger partial charge on any atom is 0.174 e. The van der Waals surface area contributed by atoms with Crippen LogP contribution in [0.2, 0.25) is 0 Å². The molecule has 2 rings (SSSR count). The van der Waals surface area contributed by atoms with Gasteiger partial charge in [-0.2, -0.15) is 0 Å². The zero-order valence-corrected chi connectivity index (χ0v) is 13.3. The van der Waals surface area contributed by atoms with E-state index in [2.05, 4.69) is 22.0 Å². The summed E-state index contributed by atoms with van der Waals surface area (Å²) in [4.78, 5) is 0. The largest absolute Gasteiger partial charge is 0.492 e. The Hall–Kier alpha value is -0.740. The second-order valence-corrected chi connectivity index (χ2v) is 5.99. The molecule has 0 amide bonds. The summed E-state index contributed by atoms with van der Waals surface area (Å²) >= 11 is 3.56. The van der Waals surface area contributed by atoms with E-state index in [1.165, 1.54) is 19.3 Å². The summed E-state index contributed by atoms with van der Waals surface area (Å²) in [5.74, 6) is 1.51. The molecule has 0 spiro atoms. The summed E-state index contributed by atoms with van der Waals surface area (Å²) in [5, 5.41) is 0. The number of halogens is 1. The van der Waals surface area contributed by atoms with Gasteiger partial charge in [-0.1, -0.05) is 19.3 Å². The van der Waals surface area contributed by atoms with Crippen LogP contribution < -0.4 is 15.2 Å². The summed E-state index contributed by atoms with van der Waals surface area (Å²) in [6.07, 6.45) is 5.76. The SMILES string of the molecule is CCOc1cc(C2(N)CCCCC2)cc(Br)c1OC. The molecule has 0 heterocycles. The van der Waals surface area contributed by atoms with Gasteiger partial charge in [-0.15, -0.1) is 0 Å². The van der Waals surface area contributed by atoms with Gasteiger partial charge in [0.25, 0.3) is 0 Å². The zero-order chi connectivity index (χ0) is 13.9. The molecule has 1 aliphatic carbocycles. The number of ether oxygens (including phenoxy) is 2. The third-order valence-electron chi connectivity index (χ3n) is 3.83. The van der Waals surface area contributed by atoms with Crippen LogP contribution in [-0.4, -0.2) is 13.7 Å². The van der Waals surface area contributed by atoms with Crippen LogP contribution >= 0.6 is 15.9 Å². The topological polar surface area (TPSA) is 44.5 Å². The van der Waals surface area contributed by atoms with Crippen molar-refractivity contribution in [2.24, 2.45) is 5.73 Å². The molecule has 19 heavy (non-hydrogen) atoms. The Morgan fingerprint density at radius 1 is 1.26 bits per heavy atom. The highest BCUT2D eigenvalue weighted by atomic mass is 79.9. The molecule has 0 unspecified atom stereocenters. The molecular formula is C15H22BrNO2. The standard InChI is InChI=1S/C15H22BrNO2/c1-3-19-13-10-11(9-12(16)14(13)18-2)15(17)7-5-4-6-8-15/h9-10H,3-8,17H2,1-2H3. The lowest BCUT2D eigenvalue weighted by molar-refractivity contribution is 0.291. The smallest absolute Gasteiger partial charge is 0.174 e. The quantitative estimate of drug-likeness (QED) is 0.909. The number of nitrogens with two attached hydrogens (primary N) is 1. The molecule has 1 saturated carbocycles. The van der Waals surface area contributed by atoms with Crippen molar-refractivity contribution >= 4 is 15.9 Å². The van der Waals surface area contributed by atoms with Crippen molar-refractivity contribution in [1.29, 1.82) is 0 Å². The van der Waals surface area contributed by atoms with Gasteiger partial charge in [0.2, 0.25) is 0 Å². The minimum atomic E-state index is -0.223. The van der Waals surface area contributed by atoms with E-state index >= 15 is 0 Å². The molecule has 2 N–H and O–H groups in total. The molecule has 0 saturated heterocycles. The Kier molecular flexibility index (Phi) is 4.74. The van der Waals surface area contributed by atoms with Gasteiger partial charge >= 0.3 is 0 Å². The fourth-order valence-electron chi connectivity index (χ4n) is 2.79. The van der Waals surface area contributed by atoms with Gasteiger partial charge in [-0.05, 0) is 53.4 Å². The molecule has 0 radical (unpaired) electrons. The number of methoxy groups -OCH3 is 1. The van der Waals surface area contributed by atoms with E-state index < -0.39 is 0 Å². The monoisotopic (exact) mass is 327 g/mol. The molecule has 1 fully saturated rings. The molecule has 0 aliphatic heterocycles. The normalized spacial score (nSPS) is 18.1. The van der Waals surface area contributed by atoms with Crippen molar-refractivity contribution in [2.75, 3.05) is 13.7 Å². The Bertz CT molecular complexity index is 442. The first-order valence-corrected chi connectivity index (χ1v) is 7.69. The van der Waals surface area contributed by atoms with E-state index in [0.29, 0.717) is 6.61 Å². The Labute approximate surface area is 123 Å². The summed E-state index contributed by atoms with van der Waals surface area (Å²) in [6, 6.07) is 4.12. The Balaban J connectivity index is 2.40. The third kappa shape index (κ3) is 3.06. The Morgan fingerprint density at radius 3 is 2.53 bits per heavy atom. The second-order valence-electron chi connectivity index (χ2n) is 5.14. The van der Waals surface area contributed by atoms with Crippen LogP contribution in [0.15, 0.2) is 16.6 Å². The molecule has 0 atom stereocenters. The molecule has 1 aromatic rings. The first-order valence-electron chi connectivity index (χ1n) is 6.90. The lowest BCUT2D eigenvalue weighted by Gasteiger charge is -2.34. The predicted molar refractivity (Wildman–Crippen MR) is 80.8 cm³/mol. The second kappa shape index (κ2) is 6.14. The molecule has 0 aromatic heterocycles. The van der Waals surface area contributed by atoms with Crippen LogP contribution in [0, 0.1) is 0 Å². The van der Waals surface area contributed by atoms with Crippen molar-refractivity contribution in [3.8, 4) is 11.5 Å². The first kappa shape index (κ1) is 14.7. The Morgan fingerprint density at radius 2 is 1.95 bits per heavy atom. The van der Waals surface area contributed by atoms with E-state index in [1.54, 1.807) is 7.11 Å². The summed E-state index contributed by atoms with van der Waals surface area (Å²) in [6.45, 7) is 2.59. The predicted octanol–water partition coefficient (Wildman–Crippen LogP) is 3.97. The highest BCUT2D eigenvalue weighted by molar-refractivity contribution is 9.10. The number of hydrogen-bond acceptors (Lipinski definition) is 3. The highest BCUT2D eigenvalue weighted by Crippen LogP contribution is 2.42. The van der Waals surface area contributed by atoms with E-state index in [4.69, 9.17) is 15.2 Å². The van der Waals surface area contributed by atoms with Gasteiger partial charge in [-0.3, -0.25) is 0 Å². The van der Waals surface area contributed by atoms with Crippen LogP contribution in [0.25, 0.3) is 0 Å². The third-order valence-corrected chi connectivity index (χ3v) is 4.42. The minimum Gasteiger partial charge on any atom is -0.492 e. The molecule has 4 heteroatoms. The number of benzene rings is 1. The van der Waals surface area contributed by atoms with Crippen molar-refractivity contribution in [1.82, 2.24) is 0 Å². The summed E-state index contributed by atoms with van der Waals surface area (Å²) < 4.78 is 12.0. The minimum absolute atomic E-state index is 0.223. The van der Waals surface area contributed by atoms with Crippen molar-refractivity contribution in [3.05, 3.63) is 22.2 Å². The van der Waals surface area contributed by atoms with Gasteiger partial charge in [0, 0.05) is 5.54 Å². The number of rotatable bonds is 4. The maximum atomic E-state index is 6.59. The summed E-state index contributed by atoms with van der Waals surface area (Å²) in [7, 11) is 1.65. The van der Waals surface area contributed by atoms with Crippen molar-refractivity contribution < 1.29 is 9.47 Å². The van der Waals surface area contributed by atoms with E-state index in [9.17, 15) is 0 Å². The average Bonchev–Trinajstić information content (AvgIpc) is 2.39. The molecule has 3 nitrogen and oxygen atoms in total. The van der Waals surface area contributed by atoms with E-state index in [0.717, 1.165) is 34.4 Å². The van der Waals surface area contributed by atoms with Crippen LogP contribution in [0.4, 0.5) is 0 Å².